The molecule has 0 fully saturated rings. The zero-order valence-electron chi connectivity index (χ0n) is 17.5. The molecular formula is C21H33N3O4. The Morgan fingerprint density at radius 1 is 1.11 bits per heavy atom. The molecule has 0 aromatic heterocycles. The second kappa shape index (κ2) is 10.8. The Kier molecular flexibility index (Phi) is 9.12. The fraction of sp³-hybridized carbons (Fsp3) is 0.571. The fourth-order valence-electron chi connectivity index (χ4n) is 2.61. The van der Waals surface area contributed by atoms with Crippen LogP contribution in [0.1, 0.15) is 59.4 Å². The highest BCUT2D eigenvalue weighted by Crippen LogP contribution is 2.09. The number of hydrogen-bond acceptors (Lipinski definition) is 4. The number of urea groups is 1. The minimum atomic E-state index is -1.00. The Balaban J connectivity index is 2.79. The van der Waals surface area contributed by atoms with E-state index in [1.807, 2.05) is 65.0 Å². The van der Waals surface area contributed by atoms with Gasteiger partial charge in [0.2, 0.25) is 5.91 Å². The highest BCUT2D eigenvalue weighted by Gasteiger charge is 2.28. The van der Waals surface area contributed by atoms with Crippen LogP contribution >= 0.6 is 0 Å². The van der Waals surface area contributed by atoms with Gasteiger partial charge in [-0.1, -0.05) is 50.6 Å². The SMILES string of the molecule is CC(C)CCCC(=O)N(O)C(=O)N[C@@H](Cc1ccccc1)C(=O)NC(C)(C)C. The molecule has 4 amide bonds. The van der Waals surface area contributed by atoms with E-state index in [-0.39, 0.29) is 23.8 Å². The monoisotopic (exact) mass is 391 g/mol. The minimum absolute atomic E-state index is 0.0691. The molecule has 3 N–H and O–H groups in total. The molecule has 0 radical (unpaired) electrons. The van der Waals surface area contributed by atoms with Crippen LogP contribution < -0.4 is 10.6 Å². The van der Waals surface area contributed by atoms with Crippen molar-refractivity contribution in [1.29, 1.82) is 0 Å². The zero-order valence-corrected chi connectivity index (χ0v) is 17.5. The van der Waals surface area contributed by atoms with Crippen molar-refractivity contribution in [3.63, 3.8) is 0 Å². The standard InChI is InChI=1S/C21H33N3O4/c1-15(2)10-9-13-18(25)24(28)20(27)22-17(19(26)23-21(3,4)5)14-16-11-7-6-8-12-16/h6-8,11-12,15,17,28H,9-10,13-14H2,1-5H3,(H,22,27)(H,23,26)/t17-/m0/s1. The van der Waals surface area contributed by atoms with Crippen molar-refractivity contribution in [2.24, 2.45) is 5.92 Å². The second-order valence-corrected chi connectivity index (χ2v) is 8.42. The van der Waals surface area contributed by atoms with Crippen LogP contribution in [0.5, 0.6) is 0 Å². The van der Waals surface area contributed by atoms with Gasteiger partial charge in [-0.2, -0.15) is 0 Å². The number of rotatable bonds is 8. The molecule has 1 aromatic carbocycles. The van der Waals surface area contributed by atoms with E-state index in [4.69, 9.17) is 0 Å². The summed E-state index contributed by atoms with van der Waals surface area (Å²) in [5.74, 6) is -0.636. The summed E-state index contributed by atoms with van der Waals surface area (Å²) in [5.41, 5.74) is 0.368. The van der Waals surface area contributed by atoms with E-state index in [0.29, 0.717) is 12.3 Å². The smallest absolute Gasteiger partial charge is 0.349 e. The number of nitrogens with zero attached hydrogens (tertiary/aromatic N) is 1. The molecule has 0 bridgehead atoms. The molecule has 156 valence electrons. The summed E-state index contributed by atoms with van der Waals surface area (Å²) in [6.07, 6.45) is 1.72. The van der Waals surface area contributed by atoms with Gasteiger partial charge in [-0.15, -0.1) is 5.06 Å². The van der Waals surface area contributed by atoms with Crippen LogP contribution in [0.2, 0.25) is 0 Å². The molecule has 1 atom stereocenters. The number of amides is 4. The van der Waals surface area contributed by atoms with Crippen molar-refractivity contribution in [3.05, 3.63) is 35.9 Å². The first-order valence-corrected chi connectivity index (χ1v) is 9.68. The molecule has 0 heterocycles. The number of imide groups is 1. The van der Waals surface area contributed by atoms with Gasteiger partial charge in [0, 0.05) is 18.4 Å². The maximum atomic E-state index is 12.6. The number of carbonyl (C=O) groups is 3. The topological polar surface area (TPSA) is 98.7 Å². The molecule has 0 saturated heterocycles. The maximum Gasteiger partial charge on any atom is 0.349 e. The number of benzene rings is 1. The predicted octanol–water partition coefficient (Wildman–Crippen LogP) is 3.27. The third kappa shape index (κ3) is 8.99. The minimum Gasteiger partial charge on any atom is -0.350 e. The highest BCUT2D eigenvalue weighted by molar-refractivity contribution is 5.95. The van der Waals surface area contributed by atoms with Gasteiger partial charge < -0.3 is 10.6 Å². The van der Waals surface area contributed by atoms with Gasteiger partial charge in [0.1, 0.15) is 6.04 Å². The molecule has 1 rings (SSSR count). The molecule has 7 nitrogen and oxygen atoms in total. The van der Waals surface area contributed by atoms with Crippen LogP contribution in [0.25, 0.3) is 0 Å². The van der Waals surface area contributed by atoms with Crippen molar-refractivity contribution < 1.29 is 19.6 Å². The van der Waals surface area contributed by atoms with Crippen LogP contribution in [0.4, 0.5) is 4.79 Å². The molecule has 0 saturated carbocycles. The Hall–Kier alpha value is -2.41. The molecule has 1 aromatic rings. The molecule has 28 heavy (non-hydrogen) atoms. The summed E-state index contributed by atoms with van der Waals surface area (Å²) >= 11 is 0. The Labute approximate surface area is 167 Å². The van der Waals surface area contributed by atoms with Crippen LogP contribution in [-0.4, -0.2) is 39.7 Å². The van der Waals surface area contributed by atoms with Gasteiger partial charge in [-0.25, -0.2) is 4.79 Å². The molecule has 0 aliphatic rings. The van der Waals surface area contributed by atoms with Crippen molar-refractivity contribution in [3.8, 4) is 0 Å². The quantitative estimate of drug-likeness (QED) is 0.468. The Morgan fingerprint density at radius 3 is 2.25 bits per heavy atom. The van der Waals surface area contributed by atoms with E-state index in [1.165, 1.54) is 0 Å². The summed E-state index contributed by atoms with van der Waals surface area (Å²) in [7, 11) is 0. The van der Waals surface area contributed by atoms with Gasteiger partial charge in [-0.05, 0) is 38.7 Å². The Morgan fingerprint density at radius 2 is 1.71 bits per heavy atom. The lowest BCUT2D eigenvalue weighted by atomic mass is 10.0. The lowest BCUT2D eigenvalue weighted by Crippen LogP contribution is -2.55. The van der Waals surface area contributed by atoms with Crippen LogP contribution in [0, 0.1) is 5.92 Å². The van der Waals surface area contributed by atoms with E-state index < -0.39 is 23.5 Å². The molecule has 7 heteroatoms. The van der Waals surface area contributed by atoms with Gasteiger partial charge in [0.05, 0.1) is 0 Å². The summed E-state index contributed by atoms with van der Waals surface area (Å²) in [6.45, 7) is 9.58. The van der Waals surface area contributed by atoms with Gasteiger partial charge in [-0.3, -0.25) is 14.8 Å². The first kappa shape index (κ1) is 23.6. The van der Waals surface area contributed by atoms with Crippen LogP contribution in [-0.2, 0) is 16.0 Å². The average molecular weight is 392 g/mol. The van der Waals surface area contributed by atoms with E-state index in [9.17, 15) is 19.6 Å². The van der Waals surface area contributed by atoms with Crippen LogP contribution in [0.15, 0.2) is 30.3 Å². The van der Waals surface area contributed by atoms with E-state index in [0.717, 1.165) is 12.0 Å². The first-order valence-electron chi connectivity index (χ1n) is 9.68. The summed E-state index contributed by atoms with van der Waals surface area (Å²) in [6, 6.07) is 7.30. The molecule has 0 aliphatic carbocycles. The van der Waals surface area contributed by atoms with E-state index in [2.05, 4.69) is 10.6 Å². The summed E-state index contributed by atoms with van der Waals surface area (Å²) in [5, 5.41) is 15.3. The van der Waals surface area contributed by atoms with E-state index in [1.54, 1.807) is 0 Å². The number of hydrogen-bond donors (Lipinski definition) is 3. The van der Waals surface area contributed by atoms with Crippen molar-refractivity contribution in [1.82, 2.24) is 15.7 Å². The lowest BCUT2D eigenvalue weighted by Gasteiger charge is -2.26. The van der Waals surface area contributed by atoms with Crippen molar-refractivity contribution in [2.45, 2.75) is 71.9 Å². The predicted molar refractivity (Wildman–Crippen MR) is 108 cm³/mol. The molecule has 0 unspecified atom stereocenters. The van der Waals surface area contributed by atoms with Gasteiger partial charge in [0.15, 0.2) is 0 Å². The summed E-state index contributed by atoms with van der Waals surface area (Å²) in [4.78, 5) is 37.0. The molecule has 0 spiro atoms. The zero-order chi connectivity index (χ0) is 21.3. The number of carbonyl (C=O) groups excluding carboxylic acids is 3. The van der Waals surface area contributed by atoms with E-state index >= 15 is 0 Å². The Bertz CT molecular complexity index is 653. The molecular weight excluding hydrogens is 358 g/mol. The highest BCUT2D eigenvalue weighted by atomic mass is 16.5. The largest absolute Gasteiger partial charge is 0.350 e. The first-order chi connectivity index (χ1) is 13.0. The lowest BCUT2D eigenvalue weighted by molar-refractivity contribution is -0.153. The third-order valence-electron chi connectivity index (χ3n) is 4.00. The van der Waals surface area contributed by atoms with Gasteiger partial charge >= 0.3 is 6.03 Å². The summed E-state index contributed by atoms with van der Waals surface area (Å²) < 4.78 is 0. The maximum absolute atomic E-state index is 12.6. The second-order valence-electron chi connectivity index (χ2n) is 8.42. The molecule has 0 aliphatic heterocycles. The average Bonchev–Trinajstić information content (AvgIpc) is 2.59. The number of hydroxylamine groups is 2. The van der Waals surface area contributed by atoms with Crippen LogP contribution in [0.3, 0.4) is 0 Å². The number of nitrogens with one attached hydrogen (secondary N) is 2. The van der Waals surface area contributed by atoms with Gasteiger partial charge in [0.25, 0.3) is 5.91 Å². The third-order valence-corrected chi connectivity index (χ3v) is 4.00. The van der Waals surface area contributed by atoms with Crippen molar-refractivity contribution in [2.75, 3.05) is 0 Å². The van der Waals surface area contributed by atoms with Crippen molar-refractivity contribution >= 4 is 17.8 Å². The fourth-order valence-corrected chi connectivity index (χ4v) is 2.61. The normalized spacial score (nSPS) is 12.4.